The highest BCUT2D eigenvalue weighted by atomic mass is 15.3. The van der Waals surface area contributed by atoms with Crippen LogP contribution in [0.5, 0.6) is 0 Å². The normalized spacial score (nSPS) is 19.1. The molecule has 0 aliphatic heterocycles. The molecule has 0 spiro atoms. The van der Waals surface area contributed by atoms with Gasteiger partial charge in [0.1, 0.15) is 0 Å². The fourth-order valence-electron chi connectivity index (χ4n) is 2.57. The van der Waals surface area contributed by atoms with Gasteiger partial charge < -0.3 is 0 Å². The van der Waals surface area contributed by atoms with Crippen LogP contribution in [-0.2, 0) is 6.42 Å². The van der Waals surface area contributed by atoms with Gasteiger partial charge in [-0.1, -0.05) is 26.7 Å². The van der Waals surface area contributed by atoms with E-state index >= 15 is 0 Å². The largest absolute Gasteiger partial charge is 0.271 e. The molecule has 1 aliphatic carbocycles. The van der Waals surface area contributed by atoms with Crippen LogP contribution >= 0.6 is 0 Å². The van der Waals surface area contributed by atoms with E-state index in [0.717, 1.165) is 12.1 Å². The van der Waals surface area contributed by atoms with Crippen molar-refractivity contribution in [1.29, 1.82) is 0 Å². The molecule has 96 valence electrons. The van der Waals surface area contributed by atoms with E-state index in [2.05, 4.69) is 41.3 Å². The number of nitrogens with two attached hydrogens (primary N) is 1. The molecule has 2 rings (SSSR count). The Balaban J connectivity index is 1.97. The second-order valence-electron chi connectivity index (χ2n) is 5.45. The van der Waals surface area contributed by atoms with Gasteiger partial charge in [-0.25, -0.2) is 0 Å². The van der Waals surface area contributed by atoms with Crippen LogP contribution in [0.25, 0.3) is 0 Å². The number of nitrogens with one attached hydrogen (secondary N) is 1. The Morgan fingerprint density at radius 3 is 2.76 bits per heavy atom. The van der Waals surface area contributed by atoms with Crippen LogP contribution in [0.3, 0.4) is 0 Å². The molecular weight excluding hydrogens is 212 g/mol. The second-order valence-corrected chi connectivity index (χ2v) is 5.45. The van der Waals surface area contributed by atoms with E-state index < -0.39 is 0 Å². The molecule has 1 heterocycles. The van der Waals surface area contributed by atoms with Crippen molar-refractivity contribution in [2.45, 2.75) is 58.0 Å². The minimum absolute atomic E-state index is 0.307. The van der Waals surface area contributed by atoms with Crippen LogP contribution in [-0.4, -0.2) is 15.8 Å². The predicted molar refractivity (Wildman–Crippen MR) is 69.4 cm³/mol. The fraction of sp³-hybridized carbons (Fsp3) is 0.769. The van der Waals surface area contributed by atoms with E-state index in [-0.39, 0.29) is 0 Å². The zero-order valence-corrected chi connectivity index (χ0v) is 10.9. The van der Waals surface area contributed by atoms with Crippen molar-refractivity contribution in [2.75, 3.05) is 0 Å². The van der Waals surface area contributed by atoms with Crippen molar-refractivity contribution in [3.63, 3.8) is 0 Å². The van der Waals surface area contributed by atoms with Crippen LogP contribution in [0.15, 0.2) is 12.3 Å². The first-order valence-corrected chi connectivity index (χ1v) is 6.71. The number of hydrogen-bond donors (Lipinski definition) is 2. The quantitative estimate of drug-likeness (QED) is 0.607. The van der Waals surface area contributed by atoms with Crippen molar-refractivity contribution in [3.8, 4) is 0 Å². The Morgan fingerprint density at radius 2 is 2.18 bits per heavy atom. The summed E-state index contributed by atoms with van der Waals surface area (Å²) in [5.41, 5.74) is 4.03. The third-order valence-electron chi connectivity index (χ3n) is 3.81. The second kappa shape index (κ2) is 5.65. The van der Waals surface area contributed by atoms with E-state index in [1.54, 1.807) is 0 Å². The van der Waals surface area contributed by atoms with Crippen LogP contribution in [0, 0.1) is 5.92 Å². The first kappa shape index (κ1) is 12.6. The van der Waals surface area contributed by atoms with Crippen LogP contribution < -0.4 is 11.3 Å². The minimum Gasteiger partial charge on any atom is -0.271 e. The zero-order valence-electron chi connectivity index (χ0n) is 10.9. The molecule has 1 unspecified atom stereocenters. The molecule has 0 radical (unpaired) electrons. The monoisotopic (exact) mass is 236 g/mol. The third-order valence-corrected chi connectivity index (χ3v) is 3.81. The lowest BCUT2D eigenvalue weighted by molar-refractivity contribution is 0.396. The highest BCUT2D eigenvalue weighted by Crippen LogP contribution is 2.28. The Labute approximate surface area is 104 Å². The molecule has 1 saturated carbocycles. The van der Waals surface area contributed by atoms with Crippen molar-refractivity contribution < 1.29 is 0 Å². The smallest absolute Gasteiger partial charge is 0.0640 e. The van der Waals surface area contributed by atoms with Crippen molar-refractivity contribution in [1.82, 2.24) is 15.2 Å². The summed E-state index contributed by atoms with van der Waals surface area (Å²) in [6.07, 6.45) is 8.29. The summed E-state index contributed by atoms with van der Waals surface area (Å²) < 4.78 is 2.15. The van der Waals surface area contributed by atoms with Crippen molar-refractivity contribution in [3.05, 3.63) is 18.0 Å². The molecule has 1 aromatic heterocycles. The van der Waals surface area contributed by atoms with Crippen molar-refractivity contribution in [2.24, 2.45) is 11.8 Å². The summed E-state index contributed by atoms with van der Waals surface area (Å²) in [6, 6.07) is 3.07. The van der Waals surface area contributed by atoms with Gasteiger partial charge in [-0.05, 0) is 24.8 Å². The molecule has 1 aromatic rings. The Kier molecular flexibility index (Phi) is 4.18. The van der Waals surface area contributed by atoms with Crippen LogP contribution in [0.4, 0.5) is 0 Å². The highest BCUT2D eigenvalue weighted by Gasteiger charge is 2.19. The zero-order chi connectivity index (χ0) is 12.3. The Bertz CT molecular complexity index is 339. The number of hydrazine groups is 1. The lowest BCUT2D eigenvalue weighted by atomic mass is 10.0. The molecule has 1 fully saturated rings. The molecule has 4 heteroatoms. The van der Waals surface area contributed by atoms with Crippen molar-refractivity contribution >= 4 is 0 Å². The lowest BCUT2D eigenvalue weighted by Crippen LogP contribution is -2.40. The van der Waals surface area contributed by atoms with Gasteiger partial charge in [-0.3, -0.25) is 16.0 Å². The van der Waals surface area contributed by atoms with Crippen LogP contribution in [0.2, 0.25) is 0 Å². The average Bonchev–Trinajstić information content (AvgIpc) is 2.95. The Hall–Kier alpha value is -0.870. The molecule has 1 aliphatic rings. The topological polar surface area (TPSA) is 55.9 Å². The summed E-state index contributed by atoms with van der Waals surface area (Å²) in [4.78, 5) is 0. The highest BCUT2D eigenvalue weighted by molar-refractivity contribution is 5.03. The van der Waals surface area contributed by atoms with E-state index in [9.17, 15) is 0 Å². The standard InChI is InChI=1S/C13H24N4/c1-10(2)13(15-14)9-11-7-8-17(16-11)12-5-3-4-6-12/h7-8,10,12-13,15H,3-6,9,14H2,1-2H3. The molecule has 0 amide bonds. The minimum atomic E-state index is 0.307. The first-order valence-electron chi connectivity index (χ1n) is 6.71. The first-order chi connectivity index (χ1) is 8.20. The van der Waals surface area contributed by atoms with Gasteiger partial charge in [-0.2, -0.15) is 5.10 Å². The predicted octanol–water partition coefficient (Wildman–Crippen LogP) is 2.03. The molecule has 3 N–H and O–H groups in total. The van der Waals surface area contributed by atoms with Gasteiger partial charge >= 0.3 is 0 Å². The van der Waals surface area contributed by atoms with Gasteiger partial charge in [0.15, 0.2) is 0 Å². The maximum absolute atomic E-state index is 5.57. The van der Waals surface area contributed by atoms with E-state index in [4.69, 9.17) is 5.84 Å². The molecule has 0 aromatic carbocycles. The fourth-order valence-corrected chi connectivity index (χ4v) is 2.57. The van der Waals surface area contributed by atoms with Gasteiger partial charge in [0.05, 0.1) is 11.7 Å². The molecule has 1 atom stereocenters. The third kappa shape index (κ3) is 3.07. The molecule has 4 nitrogen and oxygen atoms in total. The molecule has 0 bridgehead atoms. The number of nitrogens with zero attached hydrogens (tertiary/aromatic N) is 2. The average molecular weight is 236 g/mol. The molecule has 0 saturated heterocycles. The molecule has 17 heavy (non-hydrogen) atoms. The van der Waals surface area contributed by atoms with Gasteiger partial charge in [0.2, 0.25) is 0 Å². The maximum atomic E-state index is 5.57. The van der Waals surface area contributed by atoms with Gasteiger partial charge in [-0.15, -0.1) is 0 Å². The summed E-state index contributed by atoms with van der Waals surface area (Å²) in [5.74, 6) is 6.09. The SMILES string of the molecule is CC(C)C(Cc1ccn(C2CCCC2)n1)NN. The van der Waals surface area contributed by atoms with E-state index in [0.29, 0.717) is 18.0 Å². The summed E-state index contributed by atoms with van der Waals surface area (Å²) in [7, 11) is 0. The lowest BCUT2D eigenvalue weighted by Gasteiger charge is -2.18. The van der Waals surface area contributed by atoms with Gasteiger partial charge in [0, 0.05) is 18.7 Å². The van der Waals surface area contributed by atoms with E-state index in [1.807, 2.05) is 0 Å². The van der Waals surface area contributed by atoms with Gasteiger partial charge in [0.25, 0.3) is 0 Å². The summed E-state index contributed by atoms with van der Waals surface area (Å²) >= 11 is 0. The van der Waals surface area contributed by atoms with E-state index in [1.165, 1.54) is 25.7 Å². The summed E-state index contributed by atoms with van der Waals surface area (Å²) in [5, 5.41) is 4.68. The Morgan fingerprint density at radius 1 is 1.47 bits per heavy atom. The summed E-state index contributed by atoms with van der Waals surface area (Å²) in [6.45, 7) is 4.36. The van der Waals surface area contributed by atoms with Crippen LogP contribution in [0.1, 0.15) is 51.3 Å². The number of aromatic nitrogens is 2. The molecular formula is C13H24N4. The number of rotatable bonds is 5. The number of hydrogen-bond acceptors (Lipinski definition) is 3. The maximum Gasteiger partial charge on any atom is 0.0640 e.